The summed E-state index contributed by atoms with van der Waals surface area (Å²) in [7, 11) is 0. The summed E-state index contributed by atoms with van der Waals surface area (Å²) in [5, 5.41) is 0. The first-order valence-corrected chi connectivity index (χ1v) is 27.1. The molecule has 0 heterocycles. The molecule has 0 rings (SSSR count). The summed E-state index contributed by atoms with van der Waals surface area (Å²) in [6, 6.07) is 0. The van der Waals surface area contributed by atoms with Gasteiger partial charge in [0.15, 0.2) is 6.10 Å². The maximum atomic E-state index is 12.8. The van der Waals surface area contributed by atoms with E-state index >= 15 is 0 Å². The van der Waals surface area contributed by atoms with E-state index in [4.69, 9.17) is 14.2 Å². The molecule has 1 atom stereocenters. The van der Waals surface area contributed by atoms with Crippen LogP contribution in [-0.2, 0) is 28.6 Å². The monoisotopic (exact) mass is 905 g/mol. The van der Waals surface area contributed by atoms with Gasteiger partial charge in [-0.2, -0.15) is 0 Å². The van der Waals surface area contributed by atoms with Crippen LogP contribution in [0.1, 0.15) is 252 Å². The predicted octanol–water partition coefficient (Wildman–Crippen LogP) is 18.0. The SMILES string of the molecule is CC/C=C\C/C=C\C/C=C\C/C=C\C/C=C\CCCCCCCC(=O)OCC(COC(=O)CCCCCCCCCCC)OC(=O)CCCCCCCCC/C=C\C/C=C\CCCCC. The van der Waals surface area contributed by atoms with E-state index in [1.54, 1.807) is 0 Å². The van der Waals surface area contributed by atoms with Crippen molar-refractivity contribution < 1.29 is 28.6 Å². The highest BCUT2D eigenvalue weighted by Gasteiger charge is 2.19. The molecular weight excluding hydrogens is 805 g/mol. The Kier molecular flexibility index (Phi) is 50.4. The first-order chi connectivity index (χ1) is 32.0. The minimum absolute atomic E-state index is 0.0852. The number of rotatable bonds is 48. The standard InChI is InChI=1S/C59H100O6/c1-4-7-10-13-16-19-21-23-25-27-28-29-30-32-33-35-37-40-43-46-49-52-58(61)64-55-56(54-63-57(60)51-48-45-42-39-18-15-12-9-6-3)65-59(62)53-50-47-44-41-38-36-34-31-26-24-22-20-17-14-11-8-5-2/h7,10,16-17,19-20,23-26,28-29,32-33,56H,4-6,8-9,11-15,18,21-22,27,30-31,34-55H2,1-3H3/b10-7-,19-16-,20-17-,25-23-,26-24-,29-28-,33-32-. The molecule has 0 bridgehead atoms. The van der Waals surface area contributed by atoms with Crippen LogP contribution < -0.4 is 0 Å². The summed E-state index contributed by atoms with van der Waals surface area (Å²) >= 11 is 0. The molecule has 6 nitrogen and oxygen atoms in total. The molecule has 0 aliphatic rings. The van der Waals surface area contributed by atoms with Crippen molar-refractivity contribution in [2.24, 2.45) is 0 Å². The maximum absolute atomic E-state index is 12.8. The zero-order valence-corrected chi connectivity index (χ0v) is 42.5. The Hall–Kier alpha value is -3.41. The van der Waals surface area contributed by atoms with E-state index < -0.39 is 6.10 Å². The molecule has 0 saturated carbocycles. The van der Waals surface area contributed by atoms with Gasteiger partial charge in [-0.05, 0) is 96.3 Å². The Morgan fingerprint density at radius 1 is 0.323 bits per heavy atom. The van der Waals surface area contributed by atoms with E-state index in [1.807, 2.05) is 0 Å². The van der Waals surface area contributed by atoms with E-state index in [0.29, 0.717) is 19.3 Å². The van der Waals surface area contributed by atoms with Gasteiger partial charge in [0.1, 0.15) is 13.2 Å². The minimum atomic E-state index is -0.787. The zero-order valence-electron chi connectivity index (χ0n) is 42.5. The highest BCUT2D eigenvalue weighted by atomic mass is 16.6. The maximum Gasteiger partial charge on any atom is 0.306 e. The third kappa shape index (κ3) is 51.4. The highest BCUT2D eigenvalue weighted by molar-refractivity contribution is 5.71. The summed E-state index contributed by atoms with van der Waals surface area (Å²) in [6.45, 7) is 6.46. The Bertz CT molecular complexity index is 1270. The van der Waals surface area contributed by atoms with Crippen LogP contribution in [0.2, 0.25) is 0 Å². The highest BCUT2D eigenvalue weighted by Crippen LogP contribution is 2.14. The molecule has 65 heavy (non-hydrogen) atoms. The van der Waals surface area contributed by atoms with Crippen LogP contribution in [0.25, 0.3) is 0 Å². The smallest absolute Gasteiger partial charge is 0.306 e. The number of esters is 3. The number of hydrogen-bond donors (Lipinski definition) is 0. The molecule has 0 fully saturated rings. The van der Waals surface area contributed by atoms with Crippen molar-refractivity contribution in [3.8, 4) is 0 Å². The molecule has 0 aromatic rings. The molecule has 0 aromatic carbocycles. The molecule has 0 aromatic heterocycles. The minimum Gasteiger partial charge on any atom is -0.462 e. The lowest BCUT2D eigenvalue weighted by Crippen LogP contribution is -2.30. The molecule has 0 aliphatic carbocycles. The van der Waals surface area contributed by atoms with E-state index in [0.717, 1.165) is 122 Å². The number of ether oxygens (including phenoxy) is 3. The van der Waals surface area contributed by atoms with Crippen LogP contribution in [-0.4, -0.2) is 37.2 Å². The van der Waals surface area contributed by atoms with Gasteiger partial charge >= 0.3 is 17.9 Å². The lowest BCUT2D eigenvalue weighted by Gasteiger charge is -2.18. The molecule has 0 saturated heterocycles. The molecule has 0 radical (unpaired) electrons. The quantitative estimate of drug-likeness (QED) is 0.0262. The van der Waals surface area contributed by atoms with Gasteiger partial charge in [0.25, 0.3) is 0 Å². The normalized spacial score (nSPS) is 12.7. The van der Waals surface area contributed by atoms with Crippen molar-refractivity contribution in [1.82, 2.24) is 0 Å². The molecule has 372 valence electrons. The Balaban J connectivity index is 4.36. The lowest BCUT2D eigenvalue weighted by atomic mass is 10.1. The summed E-state index contributed by atoms with van der Waals surface area (Å²) in [5.41, 5.74) is 0. The van der Waals surface area contributed by atoms with Crippen molar-refractivity contribution >= 4 is 17.9 Å². The number of allylic oxidation sites excluding steroid dienone is 14. The van der Waals surface area contributed by atoms with Crippen molar-refractivity contribution in [3.63, 3.8) is 0 Å². The van der Waals surface area contributed by atoms with Crippen molar-refractivity contribution in [3.05, 3.63) is 85.1 Å². The lowest BCUT2D eigenvalue weighted by molar-refractivity contribution is -0.167. The van der Waals surface area contributed by atoms with E-state index in [2.05, 4.69) is 106 Å². The van der Waals surface area contributed by atoms with Crippen LogP contribution in [0, 0.1) is 0 Å². The fourth-order valence-electron chi connectivity index (χ4n) is 7.32. The second-order valence-electron chi connectivity index (χ2n) is 17.8. The summed E-state index contributed by atoms with van der Waals surface area (Å²) in [6.07, 6.45) is 68.5. The summed E-state index contributed by atoms with van der Waals surface area (Å²) in [4.78, 5) is 38.0. The van der Waals surface area contributed by atoms with Gasteiger partial charge in [-0.15, -0.1) is 0 Å². The van der Waals surface area contributed by atoms with Crippen LogP contribution in [0.3, 0.4) is 0 Å². The van der Waals surface area contributed by atoms with E-state index in [1.165, 1.54) is 89.9 Å². The van der Waals surface area contributed by atoms with Crippen molar-refractivity contribution in [2.45, 2.75) is 258 Å². The van der Waals surface area contributed by atoms with E-state index in [9.17, 15) is 14.4 Å². The first kappa shape index (κ1) is 61.6. The summed E-state index contributed by atoms with van der Waals surface area (Å²) < 4.78 is 16.8. The molecule has 0 N–H and O–H groups in total. The topological polar surface area (TPSA) is 78.9 Å². The molecule has 0 amide bonds. The van der Waals surface area contributed by atoms with Gasteiger partial charge in [0, 0.05) is 19.3 Å². The number of unbranched alkanes of at least 4 members (excludes halogenated alkanes) is 23. The van der Waals surface area contributed by atoms with Crippen molar-refractivity contribution in [2.75, 3.05) is 13.2 Å². The molecular formula is C59H100O6. The average molecular weight is 905 g/mol. The van der Waals surface area contributed by atoms with Gasteiger partial charge in [-0.25, -0.2) is 0 Å². The Morgan fingerprint density at radius 2 is 0.600 bits per heavy atom. The number of hydrogen-bond acceptors (Lipinski definition) is 6. The van der Waals surface area contributed by atoms with Gasteiger partial charge in [-0.3, -0.25) is 14.4 Å². The summed E-state index contributed by atoms with van der Waals surface area (Å²) in [5.74, 6) is -0.914. The predicted molar refractivity (Wildman–Crippen MR) is 279 cm³/mol. The second-order valence-corrected chi connectivity index (χ2v) is 17.8. The fraction of sp³-hybridized carbons (Fsp3) is 0.712. The average Bonchev–Trinajstić information content (AvgIpc) is 3.30. The van der Waals surface area contributed by atoms with Gasteiger partial charge < -0.3 is 14.2 Å². The van der Waals surface area contributed by atoms with Crippen LogP contribution in [0.15, 0.2) is 85.1 Å². The van der Waals surface area contributed by atoms with E-state index in [-0.39, 0.29) is 31.1 Å². The molecule has 6 heteroatoms. The molecule has 0 aliphatic heterocycles. The van der Waals surface area contributed by atoms with Crippen LogP contribution >= 0.6 is 0 Å². The van der Waals surface area contributed by atoms with Gasteiger partial charge in [-0.1, -0.05) is 221 Å². The third-order valence-electron chi connectivity index (χ3n) is 11.4. The first-order valence-electron chi connectivity index (χ1n) is 27.1. The second kappa shape index (κ2) is 53.2. The van der Waals surface area contributed by atoms with Gasteiger partial charge in [0.2, 0.25) is 0 Å². The Morgan fingerprint density at radius 3 is 0.969 bits per heavy atom. The Labute approximate surface area is 401 Å². The zero-order chi connectivity index (χ0) is 47.2. The third-order valence-corrected chi connectivity index (χ3v) is 11.4. The van der Waals surface area contributed by atoms with Crippen LogP contribution in [0.4, 0.5) is 0 Å². The van der Waals surface area contributed by atoms with Crippen molar-refractivity contribution in [1.29, 1.82) is 0 Å². The number of carbonyl (C=O) groups excluding carboxylic acids is 3. The number of carbonyl (C=O) groups is 3. The van der Waals surface area contributed by atoms with Crippen LogP contribution in [0.5, 0.6) is 0 Å². The van der Waals surface area contributed by atoms with Gasteiger partial charge in [0.05, 0.1) is 0 Å². The molecule has 1 unspecified atom stereocenters. The largest absolute Gasteiger partial charge is 0.462 e. The fourth-order valence-corrected chi connectivity index (χ4v) is 7.32. The molecule has 0 spiro atoms.